The fourth-order valence-corrected chi connectivity index (χ4v) is 1.50. The van der Waals surface area contributed by atoms with E-state index in [-0.39, 0.29) is 5.88 Å². The van der Waals surface area contributed by atoms with Crippen LogP contribution in [-0.4, -0.2) is 32.6 Å². The standard InChI is InChI=1S/C11H12N4O3/c1-7-5-8(2)15(14-7)9-3-4-10(13-12-9)18-6-11(16)17/h3-5H,6H2,1-2H3,(H,16,17)/p-1. The quantitative estimate of drug-likeness (QED) is 0.716. The number of carbonyl (C=O) groups is 1. The molecule has 0 N–H and O–H groups in total. The Labute approximate surface area is 103 Å². The van der Waals surface area contributed by atoms with Crippen LogP contribution in [0.25, 0.3) is 5.82 Å². The smallest absolute Gasteiger partial charge is 0.233 e. The van der Waals surface area contributed by atoms with Gasteiger partial charge in [0, 0.05) is 11.8 Å². The summed E-state index contributed by atoms with van der Waals surface area (Å²) in [5.41, 5.74) is 1.82. The van der Waals surface area contributed by atoms with Crippen molar-refractivity contribution in [2.45, 2.75) is 13.8 Å². The molecule has 2 rings (SSSR count). The number of rotatable bonds is 4. The van der Waals surface area contributed by atoms with Crippen LogP contribution < -0.4 is 9.84 Å². The first kappa shape index (κ1) is 12.0. The number of ether oxygens (including phenoxy) is 1. The van der Waals surface area contributed by atoms with Crippen LogP contribution in [0.2, 0.25) is 0 Å². The van der Waals surface area contributed by atoms with Crippen molar-refractivity contribution in [1.82, 2.24) is 20.0 Å². The normalized spacial score (nSPS) is 10.3. The lowest BCUT2D eigenvalue weighted by molar-refractivity contribution is -0.307. The molecule has 0 aliphatic carbocycles. The number of nitrogens with zero attached hydrogens (tertiary/aromatic N) is 4. The van der Waals surface area contributed by atoms with E-state index in [1.54, 1.807) is 10.7 Å². The van der Waals surface area contributed by atoms with Crippen molar-refractivity contribution in [3.8, 4) is 11.7 Å². The van der Waals surface area contributed by atoms with Crippen LogP contribution in [0.4, 0.5) is 0 Å². The van der Waals surface area contributed by atoms with Crippen LogP contribution in [0, 0.1) is 13.8 Å². The molecule has 2 heterocycles. The first-order valence-corrected chi connectivity index (χ1v) is 5.26. The lowest BCUT2D eigenvalue weighted by atomic mass is 10.4. The van der Waals surface area contributed by atoms with Crippen molar-refractivity contribution in [1.29, 1.82) is 0 Å². The topological polar surface area (TPSA) is 93.0 Å². The van der Waals surface area contributed by atoms with Gasteiger partial charge < -0.3 is 14.6 Å². The Bertz CT molecular complexity index is 562. The molecule has 2 aromatic heterocycles. The van der Waals surface area contributed by atoms with Crippen molar-refractivity contribution in [3.05, 3.63) is 29.6 Å². The van der Waals surface area contributed by atoms with E-state index in [1.807, 2.05) is 19.9 Å². The molecule has 0 spiro atoms. The van der Waals surface area contributed by atoms with Crippen LogP contribution >= 0.6 is 0 Å². The molecule has 0 radical (unpaired) electrons. The maximum atomic E-state index is 10.2. The number of aromatic nitrogens is 4. The average molecular weight is 247 g/mol. The van der Waals surface area contributed by atoms with Crippen molar-refractivity contribution in [2.24, 2.45) is 0 Å². The fourth-order valence-electron chi connectivity index (χ4n) is 1.50. The van der Waals surface area contributed by atoms with Crippen molar-refractivity contribution in [2.75, 3.05) is 6.61 Å². The average Bonchev–Trinajstić information content (AvgIpc) is 2.66. The molecule has 0 unspecified atom stereocenters. The van der Waals surface area contributed by atoms with Gasteiger partial charge in [-0.15, -0.1) is 10.2 Å². The molecule has 0 atom stereocenters. The van der Waals surface area contributed by atoms with Crippen LogP contribution in [0.3, 0.4) is 0 Å². The van der Waals surface area contributed by atoms with Crippen molar-refractivity contribution < 1.29 is 14.6 Å². The van der Waals surface area contributed by atoms with Gasteiger partial charge in [0.2, 0.25) is 5.88 Å². The summed E-state index contributed by atoms with van der Waals surface area (Å²) in [6.07, 6.45) is 0. The van der Waals surface area contributed by atoms with Crippen molar-refractivity contribution in [3.63, 3.8) is 0 Å². The van der Waals surface area contributed by atoms with Crippen LogP contribution in [0.1, 0.15) is 11.4 Å². The monoisotopic (exact) mass is 247 g/mol. The SMILES string of the molecule is Cc1cc(C)n(-c2ccc(OCC(=O)[O-])nn2)n1. The first-order chi connectivity index (χ1) is 8.56. The molecule has 0 bridgehead atoms. The predicted octanol–water partition coefficient (Wildman–Crippen LogP) is -0.592. The molecule has 7 heteroatoms. The second kappa shape index (κ2) is 4.82. The van der Waals surface area contributed by atoms with Crippen LogP contribution in [0.15, 0.2) is 18.2 Å². The summed E-state index contributed by atoms with van der Waals surface area (Å²) in [5, 5.41) is 22.1. The predicted molar refractivity (Wildman–Crippen MR) is 59.1 cm³/mol. The van der Waals surface area contributed by atoms with E-state index >= 15 is 0 Å². The third kappa shape index (κ3) is 2.62. The molecule has 0 aliphatic rings. The Morgan fingerprint density at radius 2 is 2.17 bits per heavy atom. The van der Waals surface area contributed by atoms with Gasteiger partial charge in [0.1, 0.15) is 6.61 Å². The highest BCUT2D eigenvalue weighted by atomic mass is 16.5. The molecule has 0 aliphatic heterocycles. The Morgan fingerprint density at radius 1 is 1.39 bits per heavy atom. The molecule has 0 aromatic carbocycles. The number of aliphatic carboxylic acids is 1. The summed E-state index contributed by atoms with van der Waals surface area (Å²) in [5.74, 6) is -0.634. The van der Waals surface area contributed by atoms with Gasteiger partial charge in [-0.1, -0.05) is 0 Å². The summed E-state index contributed by atoms with van der Waals surface area (Å²) in [7, 11) is 0. The molecule has 94 valence electrons. The summed E-state index contributed by atoms with van der Waals surface area (Å²) >= 11 is 0. The Morgan fingerprint density at radius 3 is 2.67 bits per heavy atom. The third-order valence-electron chi connectivity index (χ3n) is 2.19. The van der Waals surface area contributed by atoms with Gasteiger partial charge in [0.15, 0.2) is 5.82 Å². The molecule has 7 nitrogen and oxygen atoms in total. The second-order valence-electron chi connectivity index (χ2n) is 3.73. The molecule has 0 fully saturated rings. The van der Waals surface area contributed by atoms with Gasteiger partial charge in [-0.2, -0.15) is 5.10 Å². The molecule has 0 amide bonds. The molecule has 2 aromatic rings. The Kier molecular flexibility index (Phi) is 3.22. The zero-order valence-corrected chi connectivity index (χ0v) is 9.95. The van der Waals surface area contributed by atoms with E-state index in [4.69, 9.17) is 4.74 Å². The fraction of sp³-hybridized carbons (Fsp3) is 0.273. The number of carbonyl (C=O) groups excluding carboxylic acids is 1. The molecular formula is C11H11N4O3-. The lowest BCUT2D eigenvalue weighted by Crippen LogP contribution is -2.29. The summed E-state index contributed by atoms with van der Waals surface area (Å²) in [6, 6.07) is 5.10. The minimum Gasteiger partial charge on any atom is -0.546 e. The van der Waals surface area contributed by atoms with Gasteiger partial charge in [0.05, 0.1) is 11.7 Å². The van der Waals surface area contributed by atoms with E-state index < -0.39 is 12.6 Å². The summed E-state index contributed by atoms with van der Waals surface area (Å²) in [4.78, 5) is 10.2. The molecular weight excluding hydrogens is 236 g/mol. The first-order valence-electron chi connectivity index (χ1n) is 5.26. The summed E-state index contributed by atoms with van der Waals surface area (Å²) < 4.78 is 6.47. The minimum absolute atomic E-state index is 0.129. The number of hydrogen-bond acceptors (Lipinski definition) is 6. The van der Waals surface area contributed by atoms with Gasteiger partial charge in [0.25, 0.3) is 0 Å². The Hall–Kier alpha value is -2.44. The van der Waals surface area contributed by atoms with Crippen LogP contribution in [0.5, 0.6) is 5.88 Å². The second-order valence-corrected chi connectivity index (χ2v) is 3.73. The van der Waals surface area contributed by atoms with Gasteiger partial charge in [-0.05, 0) is 26.0 Å². The molecule has 18 heavy (non-hydrogen) atoms. The maximum absolute atomic E-state index is 10.2. The van der Waals surface area contributed by atoms with Crippen molar-refractivity contribution >= 4 is 5.97 Å². The number of aryl methyl sites for hydroxylation is 2. The lowest BCUT2D eigenvalue weighted by Gasteiger charge is -2.06. The molecule has 0 saturated heterocycles. The van der Waals surface area contributed by atoms with E-state index in [2.05, 4.69) is 15.3 Å². The van der Waals surface area contributed by atoms with E-state index in [0.29, 0.717) is 5.82 Å². The van der Waals surface area contributed by atoms with Gasteiger partial charge >= 0.3 is 0 Å². The number of hydrogen-bond donors (Lipinski definition) is 0. The van der Waals surface area contributed by atoms with Gasteiger partial charge in [-0.25, -0.2) is 4.68 Å². The van der Waals surface area contributed by atoms with Crippen LogP contribution in [-0.2, 0) is 4.79 Å². The molecule has 0 saturated carbocycles. The number of carboxylic acids is 1. The van der Waals surface area contributed by atoms with Gasteiger partial charge in [-0.3, -0.25) is 0 Å². The highest BCUT2D eigenvalue weighted by Gasteiger charge is 2.06. The number of carboxylic acid groups (broad SMARTS) is 1. The zero-order valence-electron chi connectivity index (χ0n) is 9.95. The van der Waals surface area contributed by atoms with E-state index in [1.165, 1.54) is 6.07 Å². The van der Waals surface area contributed by atoms with E-state index in [0.717, 1.165) is 11.4 Å². The van der Waals surface area contributed by atoms with E-state index in [9.17, 15) is 9.90 Å². The highest BCUT2D eigenvalue weighted by molar-refractivity contribution is 5.65. The third-order valence-corrected chi connectivity index (χ3v) is 2.19. The highest BCUT2D eigenvalue weighted by Crippen LogP contribution is 2.11. The minimum atomic E-state index is -1.31. The Balaban J connectivity index is 2.17. The summed E-state index contributed by atoms with van der Waals surface area (Å²) in [6.45, 7) is 3.24. The largest absolute Gasteiger partial charge is 0.546 e. The zero-order chi connectivity index (χ0) is 13.1. The maximum Gasteiger partial charge on any atom is 0.233 e.